The highest BCUT2D eigenvalue weighted by molar-refractivity contribution is 8.27. The van der Waals surface area contributed by atoms with E-state index in [1.54, 1.807) is 48.5 Å². The van der Waals surface area contributed by atoms with Crippen molar-refractivity contribution in [1.82, 2.24) is 0 Å². The number of carbonyl (C=O) groups is 2. The second-order valence-electron chi connectivity index (χ2n) is 5.57. The molecule has 0 atom stereocenters. The molecule has 0 radical (unpaired) electrons. The van der Waals surface area contributed by atoms with Crippen LogP contribution in [0.15, 0.2) is 47.4 Å². The number of anilines is 1. The topological polar surface area (TPSA) is 78.9 Å². The Kier molecular flexibility index (Phi) is 6.23. The van der Waals surface area contributed by atoms with Crippen LogP contribution in [0.25, 0.3) is 6.08 Å². The number of methoxy groups -OCH3 is 1. The summed E-state index contributed by atoms with van der Waals surface area (Å²) < 4.78 is 10.7. The van der Waals surface area contributed by atoms with Gasteiger partial charge in [-0.25, -0.2) is 0 Å². The first-order valence-electron chi connectivity index (χ1n) is 7.93. The van der Waals surface area contributed by atoms with E-state index in [4.69, 9.17) is 33.3 Å². The summed E-state index contributed by atoms with van der Waals surface area (Å²) in [6, 6.07) is 11.8. The molecule has 0 bridgehead atoms. The minimum absolute atomic E-state index is 0.256. The molecule has 28 heavy (non-hydrogen) atoms. The lowest BCUT2D eigenvalue weighted by molar-refractivity contribution is -0.307. The maximum atomic E-state index is 12.8. The van der Waals surface area contributed by atoms with E-state index in [9.17, 15) is 14.7 Å². The van der Waals surface area contributed by atoms with E-state index in [2.05, 4.69) is 0 Å². The van der Waals surface area contributed by atoms with E-state index in [1.165, 1.54) is 23.8 Å². The van der Waals surface area contributed by atoms with Crippen molar-refractivity contribution < 1.29 is 24.2 Å². The number of amides is 1. The minimum atomic E-state index is -1.34. The number of benzene rings is 2. The standard InChI is InChI=1S/C19H14ClNO5S2/c1-25-15-7-11(5-6-14(15)26-10-17(22)23)8-16-18(24)21(19(27)28-16)13-4-2-3-12(20)9-13/h2-9H,10H2,1H3,(H,22,23)/p-1/b16-8-. The van der Waals surface area contributed by atoms with Crippen LogP contribution in [-0.4, -0.2) is 29.9 Å². The minimum Gasteiger partial charge on any atom is -0.546 e. The molecule has 1 aliphatic heterocycles. The van der Waals surface area contributed by atoms with Gasteiger partial charge in [-0.15, -0.1) is 0 Å². The molecule has 1 heterocycles. The molecule has 0 aromatic heterocycles. The average molecular weight is 435 g/mol. The van der Waals surface area contributed by atoms with E-state index < -0.39 is 12.6 Å². The largest absolute Gasteiger partial charge is 0.546 e. The zero-order chi connectivity index (χ0) is 20.3. The third-order valence-electron chi connectivity index (χ3n) is 3.69. The van der Waals surface area contributed by atoms with Crippen LogP contribution < -0.4 is 19.5 Å². The summed E-state index contributed by atoms with van der Waals surface area (Å²) in [5.74, 6) is -1.00. The van der Waals surface area contributed by atoms with Gasteiger partial charge in [-0.2, -0.15) is 0 Å². The highest BCUT2D eigenvalue weighted by atomic mass is 35.5. The molecule has 0 aliphatic carbocycles. The van der Waals surface area contributed by atoms with Crippen molar-refractivity contribution in [3.8, 4) is 11.5 Å². The fourth-order valence-corrected chi connectivity index (χ4v) is 3.97. The van der Waals surface area contributed by atoms with Crippen LogP contribution in [0.2, 0.25) is 5.02 Å². The van der Waals surface area contributed by atoms with Gasteiger partial charge in [0.15, 0.2) is 15.8 Å². The van der Waals surface area contributed by atoms with E-state index >= 15 is 0 Å². The van der Waals surface area contributed by atoms with Crippen LogP contribution >= 0.6 is 35.6 Å². The summed E-state index contributed by atoms with van der Waals surface area (Å²) in [5.41, 5.74) is 1.27. The SMILES string of the molecule is COc1cc(/C=C2\SC(=S)N(c3cccc(Cl)c3)C2=O)ccc1OCC(=O)[O-]. The van der Waals surface area contributed by atoms with Gasteiger partial charge in [0.05, 0.1) is 23.7 Å². The van der Waals surface area contributed by atoms with Crippen LogP contribution in [0, 0.1) is 0 Å². The van der Waals surface area contributed by atoms with Crippen LogP contribution in [0.4, 0.5) is 5.69 Å². The Morgan fingerprint density at radius 3 is 2.75 bits per heavy atom. The third kappa shape index (κ3) is 4.46. The molecule has 6 nitrogen and oxygen atoms in total. The Balaban J connectivity index is 1.86. The molecule has 1 fully saturated rings. The second kappa shape index (κ2) is 8.64. The summed E-state index contributed by atoms with van der Waals surface area (Å²) in [5, 5.41) is 11.1. The summed E-state index contributed by atoms with van der Waals surface area (Å²) in [7, 11) is 1.43. The van der Waals surface area contributed by atoms with Gasteiger partial charge in [0.1, 0.15) is 6.61 Å². The van der Waals surface area contributed by atoms with E-state index in [0.29, 0.717) is 31.2 Å². The number of halogens is 1. The number of rotatable bonds is 6. The van der Waals surface area contributed by atoms with Crippen molar-refractivity contribution in [3.63, 3.8) is 0 Å². The fourth-order valence-electron chi connectivity index (χ4n) is 2.49. The molecule has 0 saturated carbocycles. The van der Waals surface area contributed by atoms with Gasteiger partial charge < -0.3 is 19.4 Å². The van der Waals surface area contributed by atoms with Crippen LogP contribution in [-0.2, 0) is 9.59 Å². The molecule has 2 aromatic carbocycles. The number of carboxylic acid groups (broad SMARTS) is 1. The Bertz CT molecular complexity index is 992. The summed E-state index contributed by atoms with van der Waals surface area (Å²) >= 11 is 12.5. The van der Waals surface area contributed by atoms with Gasteiger partial charge in [-0.3, -0.25) is 9.69 Å². The predicted octanol–water partition coefficient (Wildman–Crippen LogP) is 2.88. The zero-order valence-electron chi connectivity index (χ0n) is 14.5. The highest BCUT2D eigenvalue weighted by Gasteiger charge is 2.33. The van der Waals surface area contributed by atoms with Gasteiger partial charge >= 0.3 is 0 Å². The Hall–Kier alpha value is -2.55. The molecule has 1 saturated heterocycles. The molecule has 9 heteroatoms. The average Bonchev–Trinajstić information content (AvgIpc) is 2.93. The van der Waals surface area contributed by atoms with Crippen LogP contribution in [0.5, 0.6) is 11.5 Å². The normalized spacial score (nSPS) is 15.2. The van der Waals surface area contributed by atoms with Crippen molar-refractivity contribution in [2.45, 2.75) is 0 Å². The fraction of sp³-hybridized carbons (Fsp3) is 0.105. The second-order valence-corrected chi connectivity index (χ2v) is 7.68. The summed E-state index contributed by atoms with van der Waals surface area (Å²) in [4.78, 5) is 25.2. The molecule has 0 spiro atoms. The van der Waals surface area contributed by atoms with E-state index in [-0.39, 0.29) is 11.7 Å². The first-order valence-corrected chi connectivity index (χ1v) is 9.53. The van der Waals surface area contributed by atoms with Gasteiger partial charge in [0, 0.05) is 5.02 Å². The molecule has 0 N–H and O–H groups in total. The monoisotopic (exact) mass is 434 g/mol. The van der Waals surface area contributed by atoms with Gasteiger partial charge in [-0.05, 0) is 42.0 Å². The number of nitrogens with zero attached hydrogens (tertiary/aromatic N) is 1. The first kappa shape index (κ1) is 20.2. The van der Waals surface area contributed by atoms with Gasteiger partial charge in [0.25, 0.3) is 5.91 Å². The zero-order valence-corrected chi connectivity index (χ0v) is 16.9. The van der Waals surface area contributed by atoms with Crippen LogP contribution in [0.3, 0.4) is 0 Å². The summed E-state index contributed by atoms with van der Waals surface area (Å²) in [6.45, 7) is -0.589. The molecule has 3 rings (SSSR count). The van der Waals surface area contributed by atoms with Crippen molar-refractivity contribution in [1.29, 1.82) is 0 Å². The van der Waals surface area contributed by atoms with Crippen molar-refractivity contribution in [2.24, 2.45) is 0 Å². The number of aliphatic carboxylic acids is 1. The number of ether oxygens (including phenoxy) is 2. The predicted molar refractivity (Wildman–Crippen MR) is 111 cm³/mol. The molecule has 0 unspecified atom stereocenters. The van der Waals surface area contributed by atoms with Crippen molar-refractivity contribution >= 4 is 63.5 Å². The molecular formula is C19H13ClNO5S2-. The van der Waals surface area contributed by atoms with E-state index in [0.717, 1.165) is 0 Å². The first-order chi connectivity index (χ1) is 13.4. The lowest BCUT2D eigenvalue weighted by Crippen LogP contribution is -2.29. The molecule has 1 amide bonds. The molecule has 1 aliphatic rings. The summed E-state index contributed by atoms with van der Waals surface area (Å²) in [6.07, 6.45) is 1.68. The van der Waals surface area contributed by atoms with Crippen molar-refractivity contribution in [2.75, 3.05) is 18.6 Å². The van der Waals surface area contributed by atoms with Gasteiger partial charge in [-0.1, -0.05) is 47.7 Å². The number of thioether (sulfide) groups is 1. The third-order valence-corrected chi connectivity index (χ3v) is 5.23. The Labute approximate surface area is 175 Å². The maximum absolute atomic E-state index is 12.8. The number of hydrogen-bond acceptors (Lipinski definition) is 7. The highest BCUT2D eigenvalue weighted by Crippen LogP contribution is 2.37. The molecule has 2 aromatic rings. The maximum Gasteiger partial charge on any atom is 0.270 e. The Morgan fingerprint density at radius 2 is 2.07 bits per heavy atom. The number of thiocarbonyl (C=S) groups is 1. The van der Waals surface area contributed by atoms with Crippen LogP contribution in [0.1, 0.15) is 5.56 Å². The Morgan fingerprint density at radius 1 is 1.29 bits per heavy atom. The number of carbonyl (C=O) groups excluding carboxylic acids is 2. The number of hydrogen-bond donors (Lipinski definition) is 0. The molecule has 144 valence electrons. The van der Waals surface area contributed by atoms with Gasteiger partial charge in [0.2, 0.25) is 0 Å². The lowest BCUT2D eigenvalue weighted by Gasteiger charge is -2.14. The van der Waals surface area contributed by atoms with Crippen molar-refractivity contribution in [3.05, 3.63) is 58.0 Å². The number of carboxylic acids is 1. The quantitative estimate of drug-likeness (QED) is 0.511. The smallest absolute Gasteiger partial charge is 0.270 e. The van der Waals surface area contributed by atoms with E-state index in [1.807, 2.05) is 0 Å². The molecular weight excluding hydrogens is 422 g/mol. The lowest BCUT2D eigenvalue weighted by atomic mass is 10.2.